The maximum atomic E-state index is 9.29. The van der Waals surface area contributed by atoms with Gasteiger partial charge in [0.2, 0.25) is 0 Å². The second kappa shape index (κ2) is 5.33. The Morgan fingerprint density at radius 3 is 2.86 bits per heavy atom. The Labute approximate surface area is 86.3 Å². The molecule has 3 nitrogen and oxygen atoms in total. The third-order valence-corrected chi connectivity index (χ3v) is 3.38. The van der Waals surface area contributed by atoms with E-state index in [1.165, 1.54) is 0 Å². The zero-order valence-corrected chi connectivity index (χ0v) is 9.11. The molecule has 0 aromatic rings. The Kier molecular flexibility index (Phi) is 4.37. The second-order valence-corrected chi connectivity index (χ2v) is 4.18. The summed E-state index contributed by atoms with van der Waals surface area (Å²) in [7, 11) is 0. The number of rotatable bonds is 4. The van der Waals surface area contributed by atoms with Crippen molar-refractivity contribution in [1.82, 2.24) is 4.90 Å². The standard InChI is InChI=1S/C11H20N2O/c1-3-10(4-6-12)13-7-5-9(2)11(13)8-14/h9-11,14H,3-5,7-8H2,1-2H3. The molecule has 1 heterocycles. The molecule has 1 fully saturated rings. The summed E-state index contributed by atoms with van der Waals surface area (Å²) in [6, 6.07) is 2.84. The normalized spacial score (nSPS) is 30.1. The van der Waals surface area contributed by atoms with Gasteiger partial charge in [-0.3, -0.25) is 4.90 Å². The van der Waals surface area contributed by atoms with Crippen LogP contribution in [-0.2, 0) is 0 Å². The van der Waals surface area contributed by atoms with Crippen molar-refractivity contribution in [2.45, 2.75) is 45.2 Å². The van der Waals surface area contributed by atoms with E-state index in [4.69, 9.17) is 5.26 Å². The fourth-order valence-electron chi connectivity index (χ4n) is 2.38. The van der Waals surface area contributed by atoms with Gasteiger partial charge >= 0.3 is 0 Å². The van der Waals surface area contributed by atoms with Crippen LogP contribution in [0, 0.1) is 17.2 Å². The topological polar surface area (TPSA) is 47.3 Å². The summed E-state index contributed by atoms with van der Waals surface area (Å²) in [4.78, 5) is 2.31. The van der Waals surface area contributed by atoms with Gasteiger partial charge in [-0.05, 0) is 25.3 Å². The lowest BCUT2D eigenvalue weighted by Gasteiger charge is -2.31. The molecule has 0 aliphatic carbocycles. The fraction of sp³-hybridized carbons (Fsp3) is 0.909. The average molecular weight is 196 g/mol. The molecule has 0 aromatic heterocycles. The minimum absolute atomic E-state index is 0.225. The van der Waals surface area contributed by atoms with E-state index in [1.807, 2.05) is 0 Å². The molecule has 0 aromatic carbocycles. The number of nitriles is 1. The van der Waals surface area contributed by atoms with E-state index >= 15 is 0 Å². The van der Waals surface area contributed by atoms with E-state index in [0.29, 0.717) is 18.4 Å². The van der Waals surface area contributed by atoms with Crippen LogP contribution in [0.25, 0.3) is 0 Å². The monoisotopic (exact) mass is 196 g/mol. The van der Waals surface area contributed by atoms with Crippen LogP contribution < -0.4 is 0 Å². The van der Waals surface area contributed by atoms with E-state index in [2.05, 4.69) is 24.8 Å². The molecule has 1 saturated heterocycles. The van der Waals surface area contributed by atoms with Gasteiger partial charge in [0, 0.05) is 12.1 Å². The summed E-state index contributed by atoms with van der Waals surface area (Å²) in [6.45, 7) is 5.55. The maximum Gasteiger partial charge on any atom is 0.0638 e. The molecule has 1 aliphatic rings. The van der Waals surface area contributed by atoms with Crippen LogP contribution >= 0.6 is 0 Å². The van der Waals surface area contributed by atoms with Crippen LogP contribution in [-0.4, -0.2) is 35.2 Å². The maximum absolute atomic E-state index is 9.29. The summed E-state index contributed by atoms with van der Waals surface area (Å²) in [6.07, 6.45) is 2.73. The fourth-order valence-corrected chi connectivity index (χ4v) is 2.38. The van der Waals surface area contributed by atoms with Gasteiger partial charge < -0.3 is 5.11 Å². The predicted molar refractivity (Wildman–Crippen MR) is 55.7 cm³/mol. The summed E-state index contributed by atoms with van der Waals surface area (Å²) in [5.41, 5.74) is 0. The largest absolute Gasteiger partial charge is 0.395 e. The van der Waals surface area contributed by atoms with Gasteiger partial charge in [-0.1, -0.05) is 13.8 Å². The highest BCUT2D eigenvalue weighted by Gasteiger charge is 2.34. The van der Waals surface area contributed by atoms with Crippen LogP contribution in [0.4, 0.5) is 0 Å². The van der Waals surface area contributed by atoms with Crippen LogP contribution in [0.2, 0.25) is 0 Å². The van der Waals surface area contributed by atoms with E-state index in [9.17, 15) is 5.11 Å². The Balaban J connectivity index is 2.61. The second-order valence-electron chi connectivity index (χ2n) is 4.18. The highest BCUT2D eigenvalue weighted by atomic mass is 16.3. The molecule has 1 N–H and O–H groups in total. The van der Waals surface area contributed by atoms with E-state index in [1.54, 1.807) is 0 Å². The lowest BCUT2D eigenvalue weighted by atomic mass is 10.0. The number of hydrogen-bond acceptors (Lipinski definition) is 3. The first-order chi connectivity index (χ1) is 6.74. The highest BCUT2D eigenvalue weighted by molar-refractivity contribution is 4.91. The lowest BCUT2D eigenvalue weighted by Crippen LogP contribution is -2.42. The van der Waals surface area contributed by atoms with Crippen molar-refractivity contribution >= 4 is 0 Å². The van der Waals surface area contributed by atoms with E-state index in [-0.39, 0.29) is 12.6 Å². The predicted octanol–water partition coefficient (Wildman–Crippen LogP) is 1.38. The summed E-state index contributed by atoms with van der Waals surface area (Å²) in [5.74, 6) is 0.563. The number of nitrogens with zero attached hydrogens (tertiary/aromatic N) is 2. The molecule has 14 heavy (non-hydrogen) atoms. The zero-order chi connectivity index (χ0) is 10.6. The first-order valence-corrected chi connectivity index (χ1v) is 5.48. The zero-order valence-electron chi connectivity index (χ0n) is 9.11. The number of hydrogen-bond donors (Lipinski definition) is 1. The molecule has 0 amide bonds. The van der Waals surface area contributed by atoms with Crippen molar-refractivity contribution in [3.63, 3.8) is 0 Å². The van der Waals surface area contributed by atoms with Gasteiger partial charge in [0.05, 0.1) is 19.1 Å². The van der Waals surface area contributed by atoms with Crippen LogP contribution in [0.15, 0.2) is 0 Å². The average Bonchev–Trinajstić information content (AvgIpc) is 2.56. The van der Waals surface area contributed by atoms with Crippen molar-refractivity contribution in [2.24, 2.45) is 5.92 Å². The Hall–Kier alpha value is -0.590. The van der Waals surface area contributed by atoms with Crippen LogP contribution in [0.1, 0.15) is 33.1 Å². The molecule has 0 spiro atoms. The molecule has 1 aliphatic heterocycles. The Morgan fingerprint density at radius 1 is 1.64 bits per heavy atom. The molecule has 0 bridgehead atoms. The Morgan fingerprint density at radius 2 is 2.36 bits per heavy atom. The highest BCUT2D eigenvalue weighted by Crippen LogP contribution is 2.27. The molecule has 0 radical (unpaired) electrons. The number of aliphatic hydroxyl groups excluding tert-OH is 1. The molecule has 1 rings (SSSR count). The van der Waals surface area contributed by atoms with Gasteiger partial charge in [0.15, 0.2) is 0 Å². The summed E-state index contributed by atoms with van der Waals surface area (Å²) in [5, 5.41) is 18.0. The molecule has 3 heteroatoms. The third kappa shape index (κ3) is 2.26. The van der Waals surface area contributed by atoms with E-state index < -0.39 is 0 Å². The number of likely N-dealkylation sites (tertiary alicyclic amines) is 1. The molecule has 3 atom stereocenters. The van der Waals surface area contributed by atoms with Crippen LogP contribution in [0.3, 0.4) is 0 Å². The minimum atomic E-state index is 0.225. The van der Waals surface area contributed by atoms with Gasteiger partial charge in [-0.15, -0.1) is 0 Å². The first-order valence-electron chi connectivity index (χ1n) is 5.48. The molecule has 3 unspecified atom stereocenters. The molecular weight excluding hydrogens is 176 g/mol. The van der Waals surface area contributed by atoms with Crippen LogP contribution in [0.5, 0.6) is 0 Å². The first kappa shape index (κ1) is 11.5. The number of aliphatic hydroxyl groups is 1. The van der Waals surface area contributed by atoms with Crippen molar-refractivity contribution in [3.8, 4) is 6.07 Å². The van der Waals surface area contributed by atoms with Crippen molar-refractivity contribution < 1.29 is 5.11 Å². The lowest BCUT2D eigenvalue weighted by molar-refractivity contribution is 0.102. The Bertz CT molecular complexity index is 212. The molecule has 80 valence electrons. The quantitative estimate of drug-likeness (QED) is 0.739. The molecular formula is C11H20N2O. The van der Waals surface area contributed by atoms with Crippen molar-refractivity contribution in [1.29, 1.82) is 5.26 Å². The van der Waals surface area contributed by atoms with Crippen molar-refractivity contribution in [3.05, 3.63) is 0 Å². The summed E-state index contributed by atoms with van der Waals surface area (Å²) < 4.78 is 0. The van der Waals surface area contributed by atoms with E-state index in [0.717, 1.165) is 19.4 Å². The minimum Gasteiger partial charge on any atom is -0.395 e. The smallest absolute Gasteiger partial charge is 0.0638 e. The van der Waals surface area contributed by atoms with Gasteiger partial charge in [-0.25, -0.2) is 0 Å². The van der Waals surface area contributed by atoms with Crippen molar-refractivity contribution in [2.75, 3.05) is 13.2 Å². The SMILES string of the molecule is CCC(CC#N)N1CCC(C)C1CO. The summed E-state index contributed by atoms with van der Waals surface area (Å²) >= 11 is 0. The molecule has 0 saturated carbocycles. The van der Waals surface area contributed by atoms with Gasteiger partial charge in [0.1, 0.15) is 0 Å². The van der Waals surface area contributed by atoms with Gasteiger partial charge in [0.25, 0.3) is 0 Å². The third-order valence-electron chi connectivity index (χ3n) is 3.38. The van der Waals surface area contributed by atoms with Gasteiger partial charge in [-0.2, -0.15) is 5.26 Å².